The third-order valence-electron chi connectivity index (χ3n) is 4.24. The molecule has 2 aromatic heterocycles. The minimum atomic E-state index is -0.0722. The Hall–Kier alpha value is -1.66. The standard InChI is InChI=1S/C16H22N4OS/c1-11(2)20-5-3-12(9-20)8-17-16(21)15-7-14(18-19-15)13-4-6-22-10-13/h4,6-7,10-12H,3,5,8-9H2,1-2H3,(H,17,21)(H,18,19)/t12-/m0/s1. The van der Waals surface area contributed by atoms with Crippen molar-refractivity contribution in [1.29, 1.82) is 0 Å². The molecule has 3 rings (SSSR count). The molecule has 0 spiro atoms. The lowest BCUT2D eigenvalue weighted by atomic mass is 10.1. The van der Waals surface area contributed by atoms with Gasteiger partial charge in [0, 0.05) is 30.1 Å². The molecule has 0 bridgehead atoms. The van der Waals surface area contributed by atoms with Crippen molar-refractivity contribution in [2.75, 3.05) is 19.6 Å². The number of rotatable bonds is 5. The Bertz CT molecular complexity index is 620. The second-order valence-corrected chi connectivity index (χ2v) is 6.91. The largest absolute Gasteiger partial charge is 0.350 e. The quantitative estimate of drug-likeness (QED) is 0.891. The molecule has 1 aliphatic heterocycles. The van der Waals surface area contributed by atoms with Crippen LogP contribution in [0.1, 0.15) is 30.8 Å². The van der Waals surface area contributed by atoms with E-state index in [1.165, 1.54) is 0 Å². The number of aromatic amines is 1. The number of likely N-dealkylation sites (tertiary alicyclic amines) is 1. The zero-order chi connectivity index (χ0) is 15.5. The van der Waals surface area contributed by atoms with Gasteiger partial charge in [-0.1, -0.05) is 0 Å². The maximum absolute atomic E-state index is 12.2. The summed E-state index contributed by atoms with van der Waals surface area (Å²) in [6, 6.07) is 4.40. The molecule has 3 heterocycles. The first-order chi connectivity index (χ1) is 10.6. The van der Waals surface area contributed by atoms with Gasteiger partial charge in [0.1, 0.15) is 5.69 Å². The van der Waals surface area contributed by atoms with E-state index in [4.69, 9.17) is 0 Å². The highest BCUT2D eigenvalue weighted by atomic mass is 32.1. The zero-order valence-electron chi connectivity index (χ0n) is 13.0. The molecular weight excluding hydrogens is 296 g/mol. The van der Waals surface area contributed by atoms with Gasteiger partial charge >= 0.3 is 0 Å². The number of hydrogen-bond acceptors (Lipinski definition) is 4. The van der Waals surface area contributed by atoms with Crippen LogP contribution < -0.4 is 5.32 Å². The molecule has 1 saturated heterocycles. The van der Waals surface area contributed by atoms with Crippen molar-refractivity contribution < 1.29 is 4.79 Å². The summed E-state index contributed by atoms with van der Waals surface area (Å²) in [7, 11) is 0. The van der Waals surface area contributed by atoms with Crippen LogP contribution in [0.15, 0.2) is 22.9 Å². The van der Waals surface area contributed by atoms with E-state index in [1.807, 2.05) is 22.9 Å². The highest BCUT2D eigenvalue weighted by Crippen LogP contribution is 2.21. The van der Waals surface area contributed by atoms with Gasteiger partial charge in [0.15, 0.2) is 0 Å². The van der Waals surface area contributed by atoms with E-state index < -0.39 is 0 Å². The van der Waals surface area contributed by atoms with Crippen molar-refractivity contribution in [3.05, 3.63) is 28.6 Å². The molecule has 2 N–H and O–H groups in total. The number of aromatic nitrogens is 2. The van der Waals surface area contributed by atoms with Gasteiger partial charge in [-0.05, 0) is 50.2 Å². The molecular formula is C16H22N4OS. The van der Waals surface area contributed by atoms with Gasteiger partial charge in [-0.15, -0.1) is 0 Å². The van der Waals surface area contributed by atoms with Crippen molar-refractivity contribution in [1.82, 2.24) is 20.4 Å². The second-order valence-electron chi connectivity index (χ2n) is 6.13. The van der Waals surface area contributed by atoms with Crippen LogP contribution in [0, 0.1) is 5.92 Å². The van der Waals surface area contributed by atoms with Crippen LogP contribution in [0.25, 0.3) is 11.3 Å². The molecule has 1 fully saturated rings. The Labute approximate surface area is 134 Å². The van der Waals surface area contributed by atoms with Gasteiger partial charge in [0.05, 0.1) is 5.69 Å². The second kappa shape index (κ2) is 6.62. The normalized spacial score (nSPS) is 19.0. The number of amides is 1. The third kappa shape index (κ3) is 3.39. The van der Waals surface area contributed by atoms with E-state index in [0.717, 1.165) is 37.3 Å². The molecule has 0 aromatic carbocycles. The van der Waals surface area contributed by atoms with Crippen LogP contribution in [-0.2, 0) is 0 Å². The smallest absolute Gasteiger partial charge is 0.269 e. The van der Waals surface area contributed by atoms with Gasteiger partial charge in [-0.2, -0.15) is 16.4 Å². The summed E-state index contributed by atoms with van der Waals surface area (Å²) in [4.78, 5) is 14.7. The molecule has 1 amide bonds. The van der Waals surface area contributed by atoms with Gasteiger partial charge < -0.3 is 10.2 Å². The summed E-state index contributed by atoms with van der Waals surface area (Å²) < 4.78 is 0. The molecule has 0 radical (unpaired) electrons. The fourth-order valence-corrected chi connectivity index (χ4v) is 3.48. The molecule has 2 aromatic rings. The van der Waals surface area contributed by atoms with Crippen molar-refractivity contribution >= 4 is 17.2 Å². The Morgan fingerprint density at radius 3 is 3.14 bits per heavy atom. The molecule has 22 heavy (non-hydrogen) atoms. The fourth-order valence-electron chi connectivity index (χ4n) is 2.83. The summed E-state index contributed by atoms with van der Waals surface area (Å²) in [6.45, 7) is 7.37. The predicted molar refractivity (Wildman–Crippen MR) is 89.0 cm³/mol. The van der Waals surface area contributed by atoms with Gasteiger partial charge in [-0.3, -0.25) is 9.89 Å². The van der Waals surface area contributed by atoms with Gasteiger partial charge in [0.25, 0.3) is 5.91 Å². The average Bonchev–Trinajstić information content (AvgIpc) is 3.23. The van der Waals surface area contributed by atoms with Crippen LogP contribution in [0.2, 0.25) is 0 Å². The molecule has 6 heteroatoms. The molecule has 5 nitrogen and oxygen atoms in total. The van der Waals surface area contributed by atoms with Gasteiger partial charge in [-0.25, -0.2) is 0 Å². The van der Waals surface area contributed by atoms with Crippen molar-refractivity contribution in [2.24, 2.45) is 5.92 Å². The third-order valence-corrected chi connectivity index (χ3v) is 4.92. The van der Waals surface area contributed by atoms with Crippen molar-refractivity contribution in [2.45, 2.75) is 26.3 Å². The summed E-state index contributed by atoms with van der Waals surface area (Å²) in [6.07, 6.45) is 1.15. The van der Waals surface area contributed by atoms with E-state index >= 15 is 0 Å². The number of hydrogen-bond donors (Lipinski definition) is 2. The maximum atomic E-state index is 12.2. The number of nitrogens with zero attached hydrogens (tertiary/aromatic N) is 2. The number of carbonyl (C=O) groups excluding carboxylic acids is 1. The molecule has 0 saturated carbocycles. The Kier molecular flexibility index (Phi) is 4.59. The average molecular weight is 318 g/mol. The van der Waals surface area contributed by atoms with E-state index in [-0.39, 0.29) is 5.91 Å². The van der Waals surface area contributed by atoms with E-state index in [1.54, 1.807) is 11.3 Å². The van der Waals surface area contributed by atoms with Crippen molar-refractivity contribution in [3.8, 4) is 11.3 Å². The molecule has 1 aliphatic rings. The summed E-state index contributed by atoms with van der Waals surface area (Å²) in [5.41, 5.74) is 2.39. The highest BCUT2D eigenvalue weighted by molar-refractivity contribution is 7.08. The number of H-pyrrole nitrogens is 1. The summed E-state index contributed by atoms with van der Waals surface area (Å²) in [5.74, 6) is 0.475. The van der Waals surface area contributed by atoms with Crippen LogP contribution in [0.4, 0.5) is 0 Å². The van der Waals surface area contributed by atoms with Crippen LogP contribution in [0.3, 0.4) is 0 Å². The molecule has 1 atom stereocenters. The predicted octanol–water partition coefficient (Wildman–Crippen LogP) is 2.60. The minimum absolute atomic E-state index is 0.0722. The fraction of sp³-hybridized carbons (Fsp3) is 0.500. The van der Waals surface area contributed by atoms with Crippen LogP contribution >= 0.6 is 11.3 Å². The maximum Gasteiger partial charge on any atom is 0.269 e. The topological polar surface area (TPSA) is 61.0 Å². The van der Waals surface area contributed by atoms with Crippen LogP contribution in [-0.4, -0.2) is 46.7 Å². The van der Waals surface area contributed by atoms with E-state index in [9.17, 15) is 4.79 Å². The highest BCUT2D eigenvalue weighted by Gasteiger charge is 2.24. The minimum Gasteiger partial charge on any atom is -0.350 e. The number of carbonyl (C=O) groups is 1. The molecule has 118 valence electrons. The lowest BCUT2D eigenvalue weighted by Crippen LogP contribution is -2.33. The van der Waals surface area contributed by atoms with E-state index in [0.29, 0.717) is 17.7 Å². The van der Waals surface area contributed by atoms with E-state index in [2.05, 4.69) is 34.3 Å². The number of nitrogens with one attached hydrogen (secondary N) is 2. The monoisotopic (exact) mass is 318 g/mol. The van der Waals surface area contributed by atoms with Gasteiger partial charge in [0.2, 0.25) is 0 Å². The Morgan fingerprint density at radius 2 is 2.45 bits per heavy atom. The number of thiophene rings is 1. The SMILES string of the molecule is CC(C)N1CC[C@@H](CNC(=O)c2cc(-c3ccsc3)n[nH]2)C1. The summed E-state index contributed by atoms with van der Waals surface area (Å²) in [5, 5.41) is 14.1. The summed E-state index contributed by atoms with van der Waals surface area (Å²) >= 11 is 1.62. The first kappa shape index (κ1) is 15.2. The Balaban J connectivity index is 1.53. The zero-order valence-corrected chi connectivity index (χ0v) is 13.8. The molecule has 0 aliphatic carbocycles. The van der Waals surface area contributed by atoms with Crippen LogP contribution in [0.5, 0.6) is 0 Å². The van der Waals surface area contributed by atoms with Crippen molar-refractivity contribution in [3.63, 3.8) is 0 Å². The first-order valence-electron chi connectivity index (χ1n) is 7.73. The first-order valence-corrected chi connectivity index (χ1v) is 8.68. The molecule has 0 unspecified atom stereocenters. The lowest BCUT2D eigenvalue weighted by molar-refractivity contribution is 0.0942. The Morgan fingerprint density at radius 1 is 1.59 bits per heavy atom. The lowest BCUT2D eigenvalue weighted by Gasteiger charge is -2.20.